The van der Waals surface area contributed by atoms with Crippen LogP contribution in [0.2, 0.25) is 5.15 Å². The first-order valence-electron chi connectivity index (χ1n) is 8.67. The number of carbonyl (C=O) groups is 1. The van der Waals surface area contributed by atoms with Gasteiger partial charge in [0.05, 0.1) is 28.5 Å². The zero-order valence-electron chi connectivity index (χ0n) is 15.3. The van der Waals surface area contributed by atoms with Crippen LogP contribution in [0, 0.1) is 6.92 Å². The summed E-state index contributed by atoms with van der Waals surface area (Å²) in [5, 5.41) is 15.7. The fourth-order valence-electron chi connectivity index (χ4n) is 2.89. The van der Waals surface area contributed by atoms with Crippen molar-refractivity contribution in [2.75, 3.05) is 0 Å². The van der Waals surface area contributed by atoms with Crippen molar-refractivity contribution in [3.05, 3.63) is 87.1 Å². The Kier molecular flexibility index (Phi) is 4.92. The van der Waals surface area contributed by atoms with E-state index in [4.69, 9.17) is 11.6 Å². The summed E-state index contributed by atoms with van der Waals surface area (Å²) in [5.74, 6) is -0.557. The Morgan fingerprint density at radius 2 is 1.83 bits per heavy atom. The van der Waals surface area contributed by atoms with Crippen LogP contribution >= 0.6 is 11.6 Å². The second kappa shape index (κ2) is 7.69. The predicted molar refractivity (Wildman–Crippen MR) is 111 cm³/mol. The Morgan fingerprint density at radius 3 is 2.59 bits per heavy atom. The molecule has 0 aliphatic rings. The number of carbonyl (C=O) groups excluding carboxylic acids is 1. The van der Waals surface area contributed by atoms with Gasteiger partial charge >= 0.3 is 0 Å². The molecule has 0 unspecified atom stereocenters. The molecule has 2 aromatic carbocycles. The second-order valence-electron chi connectivity index (χ2n) is 6.18. The van der Waals surface area contributed by atoms with E-state index < -0.39 is 5.91 Å². The van der Waals surface area contributed by atoms with Gasteiger partial charge in [-0.25, -0.2) is 15.2 Å². The maximum Gasteiger partial charge on any atom is 0.292 e. The fraction of sp³-hybridized carbons (Fsp3) is 0.0500. The highest BCUT2D eigenvalue weighted by Crippen LogP contribution is 2.21. The average molecular weight is 407 g/mol. The number of amides is 1. The van der Waals surface area contributed by atoms with Gasteiger partial charge in [0.1, 0.15) is 5.15 Å². The van der Waals surface area contributed by atoms with E-state index in [-0.39, 0.29) is 11.3 Å². The maximum atomic E-state index is 12.5. The van der Waals surface area contributed by atoms with Gasteiger partial charge in [0.2, 0.25) is 0 Å². The van der Waals surface area contributed by atoms with Crippen LogP contribution in [0.15, 0.2) is 64.5 Å². The first-order chi connectivity index (χ1) is 14.1. The summed E-state index contributed by atoms with van der Waals surface area (Å²) in [4.78, 5) is 24.3. The molecule has 0 atom stereocenters. The van der Waals surface area contributed by atoms with E-state index in [0.717, 1.165) is 5.69 Å². The fourth-order valence-corrected chi connectivity index (χ4v) is 3.22. The van der Waals surface area contributed by atoms with Gasteiger partial charge in [0, 0.05) is 5.39 Å². The lowest BCUT2D eigenvalue weighted by Gasteiger charge is -2.03. The number of halogens is 1. The molecule has 0 aliphatic heterocycles. The number of aromatic nitrogens is 4. The van der Waals surface area contributed by atoms with Crippen LogP contribution in [0.4, 0.5) is 0 Å². The molecule has 4 rings (SSSR count). The van der Waals surface area contributed by atoms with Crippen molar-refractivity contribution >= 4 is 34.5 Å². The van der Waals surface area contributed by atoms with Gasteiger partial charge in [0.15, 0.2) is 5.69 Å². The molecule has 0 spiro atoms. The number of nitrogens with zero attached hydrogens (tertiary/aromatic N) is 4. The molecule has 0 saturated heterocycles. The number of para-hydroxylation sites is 1. The van der Waals surface area contributed by atoms with Gasteiger partial charge < -0.3 is 0 Å². The van der Waals surface area contributed by atoms with Crippen LogP contribution in [0.3, 0.4) is 0 Å². The minimum Gasteiger partial charge on any atom is -0.267 e. The number of hydrogen-bond donors (Lipinski definition) is 2. The average Bonchev–Trinajstić information content (AvgIpc) is 3.03. The maximum absolute atomic E-state index is 12.5. The zero-order valence-corrected chi connectivity index (χ0v) is 16.0. The van der Waals surface area contributed by atoms with Crippen LogP contribution in [-0.2, 0) is 0 Å². The molecule has 8 nitrogen and oxygen atoms in total. The zero-order chi connectivity index (χ0) is 20.4. The van der Waals surface area contributed by atoms with Crippen molar-refractivity contribution in [3.63, 3.8) is 0 Å². The number of H-pyrrole nitrogens is 1. The van der Waals surface area contributed by atoms with Gasteiger partial charge in [-0.2, -0.15) is 15.3 Å². The first kappa shape index (κ1) is 18.6. The molecule has 0 radical (unpaired) electrons. The lowest BCUT2D eigenvalue weighted by molar-refractivity contribution is 0.0951. The summed E-state index contributed by atoms with van der Waals surface area (Å²) in [6, 6.07) is 16.2. The first-order valence-corrected chi connectivity index (χ1v) is 9.05. The summed E-state index contributed by atoms with van der Waals surface area (Å²) < 4.78 is 1.59. The number of rotatable bonds is 4. The Bertz CT molecular complexity index is 1290. The van der Waals surface area contributed by atoms with Crippen molar-refractivity contribution in [2.24, 2.45) is 5.10 Å². The number of nitrogens with one attached hydrogen (secondary N) is 2. The minimum atomic E-state index is -0.557. The van der Waals surface area contributed by atoms with Gasteiger partial charge in [-0.3, -0.25) is 9.59 Å². The van der Waals surface area contributed by atoms with Crippen molar-refractivity contribution in [1.29, 1.82) is 0 Å². The largest absolute Gasteiger partial charge is 0.292 e. The van der Waals surface area contributed by atoms with E-state index in [9.17, 15) is 9.59 Å². The third-order valence-electron chi connectivity index (χ3n) is 4.32. The van der Waals surface area contributed by atoms with E-state index >= 15 is 0 Å². The molecular formula is C20H15ClN6O2. The topological polar surface area (TPSA) is 105 Å². The van der Waals surface area contributed by atoms with Crippen molar-refractivity contribution in [2.45, 2.75) is 6.92 Å². The van der Waals surface area contributed by atoms with E-state index in [0.29, 0.717) is 27.2 Å². The smallest absolute Gasteiger partial charge is 0.267 e. The number of aromatic amines is 1. The molecule has 1 amide bonds. The summed E-state index contributed by atoms with van der Waals surface area (Å²) in [6.45, 7) is 1.80. The molecule has 0 saturated carbocycles. The number of hydrazone groups is 1. The van der Waals surface area contributed by atoms with Crippen LogP contribution in [0.5, 0.6) is 0 Å². The van der Waals surface area contributed by atoms with Crippen molar-refractivity contribution in [1.82, 2.24) is 25.4 Å². The lowest BCUT2D eigenvalue weighted by atomic mass is 10.1. The van der Waals surface area contributed by atoms with E-state index in [1.807, 2.05) is 30.3 Å². The van der Waals surface area contributed by atoms with E-state index in [2.05, 4.69) is 25.8 Å². The van der Waals surface area contributed by atoms with Gasteiger partial charge in [-0.1, -0.05) is 48.0 Å². The van der Waals surface area contributed by atoms with Crippen LogP contribution in [-0.4, -0.2) is 32.1 Å². The highest BCUT2D eigenvalue weighted by molar-refractivity contribution is 6.32. The Balaban J connectivity index is 1.59. The molecule has 4 aromatic rings. The summed E-state index contributed by atoms with van der Waals surface area (Å²) in [6.07, 6.45) is 1.43. The monoisotopic (exact) mass is 406 g/mol. The molecule has 29 heavy (non-hydrogen) atoms. The standard InChI is InChI=1S/C20H15ClN6O2/c1-12-16(18(21)27(26-12)13-7-3-2-4-8-13)11-22-24-20(29)17-14-9-5-6-10-15(14)19(28)25-23-17/h2-11H,1H3,(H,24,29)(H,25,28)/b22-11-. The number of aryl methyl sites for hydroxylation is 1. The molecule has 144 valence electrons. The Hall–Kier alpha value is -3.78. The summed E-state index contributed by atoms with van der Waals surface area (Å²) >= 11 is 6.44. The SMILES string of the molecule is Cc1nn(-c2ccccc2)c(Cl)c1/C=N\NC(=O)c1n[nH]c(=O)c2ccccc12. The minimum absolute atomic E-state index is 0.0696. The lowest BCUT2D eigenvalue weighted by Crippen LogP contribution is -2.22. The highest BCUT2D eigenvalue weighted by atomic mass is 35.5. The predicted octanol–water partition coefficient (Wildman–Crippen LogP) is 2.83. The van der Waals surface area contributed by atoms with Gasteiger partial charge in [-0.05, 0) is 25.1 Å². The van der Waals surface area contributed by atoms with Crippen LogP contribution in [0.25, 0.3) is 16.5 Å². The van der Waals surface area contributed by atoms with Gasteiger partial charge in [-0.15, -0.1) is 0 Å². The van der Waals surface area contributed by atoms with Crippen molar-refractivity contribution < 1.29 is 4.79 Å². The molecule has 0 fully saturated rings. The molecule has 2 heterocycles. The summed E-state index contributed by atoms with van der Waals surface area (Å²) in [5.41, 5.74) is 4.17. The van der Waals surface area contributed by atoms with Crippen LogP contribution < -0.4 is 11.0 Å². The third-order valence-corrected chi connectivity index (χ3v) is 4.68. The van der Waals surface area contributed by atoms with Gasteiger partial charge in [0.25, 0.3) is 11.5 Å². The van der Waals surface area contributed by atoms with Crippen LogP contribution in [0.1, 0.15) is 21.7 Å². The normalized spacial score (nSPS) is 11.2. The van der Waals surface area contributed by atoms with E-state index in [1.165, 1.54) is 6.21 Å². The number of benzene rings is 2. The Morgan fingerprint density at radius 1 is 1.14 bits per heavy atom. The highest BCUT2D eigenvalue weighted by Gasteiger charge is 2.15. The Labute approximate surface area is 169 Å². The van der Waals surface area contributed by atoms with E-state index in [1.54, 1.807) is 35.9 Å². The molecule has 0 bridgehead atoms. The molecular weight excluding hydrogens is 392 g/mol. The second-order valence-corrected chi connectivity index (χ2v) is 6.54. The molecule has 2 aromatic heterocycles. The quantitative estimate of drug-likeness (QED) is 0.401. The molecule has 2 N–H and O–H groups in total. The number of hydrogen-bond acceptors (Lipinski definition) is 5. The van der Waals surface area contributed by atoms with Crippen molar-refractivity contribution in [3.8, 4) is 5.69 Å². The summed E-state index contributed by atoms with van der Waals surface area (Å²) in [7, 11) is 0. The number of fused-ring (bicyclic) bond motifs is 1. The third kappa shape index (κ3) is 3.53. The molecule has 0 aliphatic carbocycles. The molecule has 9 heteroatoms.